The maximum atomic E-state index is 12.5. The third-order valence-corrected chi connectivity index (χ3v) is 2.72. The van der Waals surface area contributed by atoms with Crippen molar-refractivity contribution in [3.8, 4) is 5.88 Å². The van der Waals surface area contributed by atoms with Crippen molar-refractivity contribution < 1.29 is 17.9 Å². The normalized spacial score (nSPS) is 11.2. The highest BCUT2D eigenvalue weighted by molar-refractivity contribution is 6.33. The Kier molecular flexibility index (Phi) is 3.99. The molecule has 1 aromatic carbocycles. The van der Waals surface area contributed by atoms with Crippen LogP contribution >= 0.6 is 11.6 Å². The molecule has 1 heterocycles. The van der Waals surface area contributed by atoms with E-state index >= 15 is 0 Å². The molecule has 2 rings (SSSR count). The number of aromatic nitrogens is 2. The Balaban J connectivity index is 2.31. The number of rotatable bonds is 3. The van der Waals surface area contributed by atoms with Gasteiger partial charge in [0.2, 0.25) is 0 Å². The zero-order valence-corrected chi connectivity index (χ0v) is 11.0. The lowest BCUT2D eigenvalue weighted by Crippen LogP contribution is -2.05. The molecule has 0 amide bonds. The summed E-state index contributed by atoms with van der Waals surface area (Å²) in [6.07, 6.45) is -1.59. The number of anilines is 2. The van der Waals surface area contributed by atoms with Gasteiger partial charge in [0.25, 0.3) is 5.88 Å². The molecular weight excluding hydrogens is 295 g/mol. The van der Waals surface area contributed by atoms with Crippen LogP contribution in [0.5, 0.6) is 5.88 Å². The molecule has 0 radical (unpaired) electrons. The van der Waals surface area contributed by atoms with Gasteiger partial charge < -0.3 is 10.1 Å². The monoisotopic (exact) mass is 303 g/mol. The Labute approximate surface area is 117 Å². The second-order valence-electron chi connectivity index (χ2n) is 3.73. The number of ether oxygens (including phenoxy) is 1. The Morgan fingerprint density at radius 3 is 2.50 bits per heavy atom. The van der Waals surface area contributed by atoms with Crippen LogP contribution in [0.3, 0.4) is 0 Å². The molecule has 0 aliphatic rings. The van der Waals surface area contributed by atoms with Crippen LogP contribution in [-0.4, -0.2) is 17.1 Å². The van der Waals surface area contributed by atoms with Gasteiger partial charge in [-0.3, -0.25) is 0 Å². The van der Waals surface area contributed by atoms with Gasteiger partial charge in [0, 0.05) is 12.4 Å². The Morgan fingerprint density at radius 1 is 1.20 bits per heavy atom. The van der Waals surface area contributed by atoms with E-state index in [9.17, 15) is 13.2 Å². The summed E-state index contributed by atoms with van der Waals surface area (Å²) < 4.78 is 42.5. The molecule has 8 heteroatoms. The molecule has 20 heavy (non-hydrogen) atoms. The van der Waals surface area contributed by atoms with Crippen LogP contribution in [0.1, 0.15) is 5.56 Å². The smallest absolute Gasteiger partial charge is 0.416 e. The van der Waals surface area contributed by atoms with Crippen molar-refractivity contribution in [2.45, 2.75) is 6.18 Å². The van der Waals surface area contributed by atoms with E-state index in [0.29, 0.717) is 0 Å². The van der Waals surface area contributed by atoms with Crippen molar-refractivity contribution in [3.05, 3.63) is 41.2 Å². The second kappa shape index (κ2) is 5.54. The second-order valence-corrected chi connectivity index (χ2v) is 4.14. The maximum absolute atomic E-state index is 12.5. The fraction of sp³-hybridized carbons (Fsp3) is 0.167. The predicted molar refractivity (Wildman–Crippen MR) is 68.3 cm³/mol. The summed E-state index contributed by atoms with van der Waals surface area (Å²) in [5.74, 6) is 0.472. The molecule has 0 aliphatic carbocycles. The number of hydrogen-bond donors (Lipinski definition) is 1. The van der Waals surface area contributed by atoms with Crippen LogP contribution in [0.25, 0.3) is 0 Å². The molecule has 0 atom stereocenters. The fourth-order valence-electron chi connectivity index (χ4n) is 1.48. The first-order valence-electron chi connectivity index (χ1n) is 5.40. The summed E-state index contributed by atoms with van der Waals surface area (Å²) in [6, 6.07) is 2.99. The molecule has 0 bridgehead atoms. The number of benzene rings is 1. The minimum Gasteiger partial charge on any atom is -0.478 e. The highest BCUT2D eigenvalue weighted by Crippen LogP contribution is 2.35. The van der Waals surface area contributed by atoms with Gasteiger partial charge in [-0.15, -0.1) is 0 Å². The third-order valence-electron chi connectivity index (χ3n) is 2.41. The summed E-state index contributed by atoms with van der Waals surface area (Å²) in [6.45, 7) is 0. The van der Waals surface area contributed by atoms with Crippen molar-refractivity contribution in [1.29, 1.82) is 0 Å². The minimum absolute atomic E-state index is 0.0764. The summed E-state index contributed by atoms with van der Waals surface area (Å²) in [5.41, 5.74) is -0.544. The van der Waals surface area contributed by atoms with Gasteiger partial charge >= 0.3 is 6.18 Å². The van der Waals surface area contributed by atoms with Gasteiger partial charge in [-0.2, -0.15) is 13.2 Å². The third kappa shape index (κ3) is 3.11. The predicted octanol–water partition coefficient (Wildman–Crippen LogP) is 3.90. The average Bonchev–Trinajstić information content (AvgIpc) is 2.40. The molecule has 0 spiro atoms. The van der Waals surface area contributed by atoms with Crippen molar-refractivity contribution in [2.75, 3.05) is 12.4 Å². The van der Waals surface area contributed by atoms with E-state index in [-0.39, 0.29) is 22.4 Å². The fourth-order valence-corrected chi connectivity index (χ4v) is 1.71. The van der Waals surface area contributed by atoms with E-state index in [0.717, 1.165) is 12.1 Å². The zero-order valence-electron chi connectivity index (χ0n) is 10.2. The summed E-state index contributed by atoms with van der Waals surface area (Å²) >= 11 is 5.83. The lowest BCUT2D eigenvalue weighted by atomic mass is 10.2. The first-order chi connectivity index (χ1) is 9.41. The lowest BCUT2D eigenvalue weighted by Gasteiger charge is -2.12. The van der Waals surface area contributed by atoms with E-state index < -0.39 is 11.7 Å². The molecule has 2 aromatic rings. The van der Waals surface area contributed by atoms with Gasteiger partial charge in [0.15, 0.2) is 5.82 Å². The van der Waals surface area contributed by atoms with Crippen LogP contribution in [0.4, 0.5) is 24.7 Å². The quantitative estimate of drug-likeness (QED) is 0.934. The highest BCUT2D eigenvalue weighted by atomic mass is 35.5. The zero-order chi connectivity index (χ0) is 14.8. The van der Waals surface area contributed by atoms with E-state index in [4.69, 9.17) is 16.3 Å². The van der Waals surface area contributed by atoms with Crippen LogP contribution in [-0.2, 0) is 6.18 Å². The standard InChI is InChI=1S/C12H9ClF3N3O/c1-20-11-10(17-4-5-18-11)19-9-3-2-7(6-8(9)13)12(14,15)16/h2-6H,1H3,(H,17,19). The van der Waals surface area contributed by atoms with E-state index in [1.807, 2.05) is 0 Å². The highest BCUT2D eigenvalue weighted by Gasteiger charge is 2.30. The molecule has 1 N–H and O–H groups in total. The van der Waals surface area contributed by atoms with E-state index in [2.05, 4.69) is 15.3 Å². The molecular formula is C12H9ClF3N3O. The number of nitrogens with zero attached hydrogens (tertiary/aromatic N) is 2. The Morgan fingerprint density at radius 2 is 1.90 bits per heavy atom. The van der Waals surface area contributed by atoms with Gasteiger partial charge in [-0.05, 0) is 18.2 Å². The van der Waals surface area contributed by atoms with Crippen molar-refractivity contribution >= 4 is 23.1 Å². The number of halogens is 4. The van der Waals surface area contributed by atoms with Gasteiger partial charge in [0.05, 0.1) is 23.4 Å². The number of methoxy groups -OCH3 is 1. The van der Waals surface area contributed by atoms with Gasteiger partial charge in [-0.25, -0.2) is 9.97 Å². The lowest BCUT2D eigenvalue weighted by molar-refractivity contribution is -0.137. The maximum Gasteiger partial charge on any atom is 0.416 e. The molecule has 1 aromatic heterocycles. The van der Waals surface area contributed by atoms with Crippen molar-refractivity contribution in [1.82, 2.24) is 9.97 Å². The number of nitrogens with one attached hydrogen (secondary N) is 1. The topological polar surface area (TPSA) is 47.0 Å². The van der Waals surface area contributed by atoms with E-state index in [1.165, 1.54) is 25.6 Å². The molecule has 0 saturated carbocycles. The number of hydrogen-bond acceptors (Lipinski definition) is 4. The molecule has 0 saturated heterocycles. The first-order valence-corrected chi connectivity index (χ1v) is 5.78. The molecule has 0 fully saturated rings. The average molecular weight is 304 g/mol. The number of alkyl halides is 3. The molecule has 0 unspecified atom stereocenters. The Bertz CT molecular complexity index is 619. The summed E-state index contributed by atoms with van der Waals surface area (Å²) in [4.78, 5) is 7.89. The van der Waals surface area contributed by atoms with Crippen LogP contribution in [0.15, 0.2) is 30.6 Å². The molecule has 0 aliphatic heterocycles. The van der Waals surface area contributed by atoms with Crippen LogP contribution < -0.4 is 10.1 Å². The van der Waals surface area contributed by atoms with Gasteiger partial charge in [-0.1, -0.05) is 11.6 Å². The summed E-state index contributed by atoms with van der Waals surface area (Å²) in [5, 5.41) is 2.70. The van der Waals surface area contributed by atoms with Crippen molar-refractivity contribution in [2.24, 2.45) is 0 Å². The molecule has 4 nitrogen and oxygen atoms in total. The summed E-state index contributed by atoms with van der Waals surface area (Å²) in [7, 11) is 1.41. The van der Waals surface area contributed by atoms with Crippen LogP contribution in [0.2, 0.25) is 5.02 Å². The minimum atomic E-state index is -4.44. The van der Waals surface area contributed by atoms with E-state index in [1.54, 1.807) is 0 Å². The SMILES string of the molecule is COc1nccnc1Nc1ccc(C(F)(F)F)cc1Cl. The molecule has 106 valence electrons. The first kappa shape index (κ1) is 14.4. The largest absolute Gasteiger partial charge is 0.478 e. The van der Waals surface area contributed by atoms with Crippen LogP contribution in [0, 0.1) is 0 Å². The Hall–Kier alpha value is -2.02. The van der Waals surface area contributed by atoms with Gasteiger partial charge in [0.1, 0.15) is 0 Å². The van der Waals surface area contributed by atoms with Crippen molar-refractivity contribution in [3.63, 3.8) is 0 Å².